The highest BCUT2D eigenvalue weighted by Crippen LogP contribution is 2.31. The summed E-state index contributed by atoms with van der Waals surface area (Å²) in [5.74, 6) is 0.357. The summed E-state index contributed by atoms with van der Waals surface area (Å²) in [5, 5.41) is 2.88. The standard InChI is InChI=1S/C12H21N3O2/c1-15-6-5-10(12(15)17)14-11(16)9-4-2-3-8(9)7-13/h8-10H,2-7,13H2,1H3,(H,14,16). The summed E-state index contributed by atoms with van der Waals surface area (Å²) < 4.78 is 0. The van der Waals surface area contributed by atoms with Crippen molar-refractivity contribution in [3.05, 3.63) is 0 Å². The highest BCUT2D eigenvalue weighted by Gasteiger charge is 2.36. The Morgan fingerprint density at radius 2 is 2.24 bits per heavy atom. The number of likely N-dealkylation sites (tertiary alicyclic amines) is 1. The van der Waals surface area contributed by atoms with E-state index in [1.165, 1.54) is 0 Å². The molecule has 3 N–H and O–H groups in total. The third-order valence-electron chi connectivity index (χ3n) is 4.04. The van der Waals surface area contributed by atoms with Crippen molar-refractivity contribution in [1.82, 2.24) is 10.2 Å². The van der Waals surface area contributed by atoms with E-state index in [0.29, 0.717) is 12.5 Å². The highest BCUT2D eigenvalue weighted by molar-refractivity contribution is 5.89. The Bertz CT molecular complexity index is 319. The molecule has 5 nitrogen and oxygen atoms in total. The first-order chi connectivity index (χ1) is 8.13. The van der Waals surface area contributed by atoms with Crippen LogP contribution in [0.1, 0.15) is 25.7 Å². The minimum atomic E-state index is -0.313. The minimum Gasteiger partial charge on any atom is -0.344 e. The first kappa shape index (κ1) is 12.4. The predicted octanol–water partition coefficient (Wildman–Crippen LogP) is -0.292. The molecule has 1 aliphatic carbocycles. The van der Waals surface area contributed by atoms with Crippen molar-refractivity contribution in [3.63, 3.8) is 0 Å². The predicted molar refractivity (Wildman–Crippen MR) is 64.1 cm³/mol. The molecule has 5 heteroatoms. The minimum absolute atomic E-state index is 0.0127. The summed E-state index contributed by atoms with van der Waals surface area (Å²) in [4.78, 5) is 25.4. The number of carbonyl (C=O) groups excluding carboxylic acids is 2. The fraction of sp³-hybridized carbons (Fsp3) is 0.833. The van der Waals surface area contributed by atoms with E-state index in [1.54, 1.807) is 11.9 Å². The van der Waals surface area contributed by atoms with Gasteiger partial charge in [0.1, 0.15) is 6.04 Å². The Hall–Kier alpha value is -1.10. The smallest absolute Gasteiger partial charge is 0.244 e. The number of nitrogens with zero attached hydrogens (tertiary/aromatic N) is 1. The van der Waals surface area contributed by atoms with E-state index in [9.17, 15) is 9.59 Å². The number of amides is 2. The molecule has 0 bridgehead atoms. The van der Waals surface area contributed by atoms with Gasteiger partial charge < -0.3 is 16.0 Å². The molecule has 3 atom stereocenters. The molecule has 1 saturated carbocycles. The number of nitrogens with one attached hydrogen (secondary N) is 1. The maximum absolute atomic E-state index is 12.1. The summed E-state index contributed by atoms with van der Waals surface area (Å²) in [6.45, 7) is 1.30. The third-order valence-corrected chi connectivity index (χ3v) is 4.04. The fourth-order valence-corrected chi connectivity index (χ4v) is 2.90. The lowest BCUT2D eigenvalue weighted by Gasteiger charge is -2.19. The Morgan fingerprint density at radius 3 is 2.82 bits per heavy atom. The fourth-order valence-electron chi connectivity index (χ4n) is 2.90. The average Bonchev–Trinajstić information content (AvgIpc) is 2.90. The molecule has 0 spiro atoms. The van der Waals surface area contributed by atoms with Gasteiger partial charge in [0.15, 0.2) is 0 Å². The number of hydrogen-bond donors (Lipinski definition) is 2. The van der Waals surface area contributed by atoms with E-state index in [2.05, 4.69) is 5.32 Å². The second kappa shape index (κ2) is 5.04. The van der Waals surface area contributed by atoms with Gasteiger partial charge in [-0.05, 0) is 31.7 Å². The lowest BCUT2D eigenvalue weighted by Crippen LogP contribution is -2.44. The van der Waals surface area contributed by atoms with Gasteiger partial charge in [0.2, 0.25) is 11.8 Å². The van der Waals surface area contributed by atoms with E-state index >= 15 is 0 Å². The number of carbonyl (C=O) groups is 2. The van der Waals surface area contributed by atoms with Crippen LogP contribution < -0.4 is 11.1 Å². The van der Waals surface area contributed by atoms with Gasteiger partial charge >= 0.3 is 0 Å². The molecule has 1 heterocycles. The maximum Gasteiger partial charge on any atom is 0.244 e. The van der Waals surface area contributed by atoms with E-state index in [-0.39, 0.29) is 23.8 Å². The molecule has 2 aliphatic rings. The summed E-state index contributed by atoms with van der Waals surface area (Å²) >= 11 is 0. The van der Waals surface area contributed by atoms with Gasteiger partial charge in [-0.15, -0.1) is 0 Å². The van der Waals surface area contributed by atoms with Crippen molar-refractivity contribution in [3.8, 4) is 0 Å². The molecule has 1 aliphatic heterocycles. The van der Waals surface area contributed by atoms with Crippen LogP contribution in [0.15, 0.2) is 0 Å². The van der Waals surface area contributed by atoms with Crippen LogP contribution in [0.5, 0.6) is 0 Å². The van der Waals surface area contributed by atoms with Gasteiger partial charge in [0, 0.05) is 19.5 Å². The molecular formula is C12H21N3O2. The molecule has 2 amide bonds. The summed E-state index contributed by atoms with van der Waals surface area (Å²) in [6.07, 6.45) is 3.73. The van der Waals surface area contributed by atoms with Crippen molar-refractivity contribution in [2.75, 3.05) is 20.1 Å². The summed E-state index contributed by atoms with van der Waals surface area (Å²) in [7, 11) is 1.77. The van der Waals surface area contributed by atoms with Crippen LogP contribution >= 0.6 is 0 Å². The molecule has 2 rings (SSSR count). The Morgan fingerprint density at radius 1 is 1.47 bits per heavy atom. The second-order valence-electron chi connectivity index (χ2n) is 5.14. The Balaban J connectivity index is 1.91. The van der Waals surface area contributed by atoms with Gasteiger partial charge in [0.25, 0.3) is 0 Å². The van der Waals surface area contributed by atoms with Crippen LogP contribution in [0.25, 0.3) is 0 Å². The molecule has 96 valence electrons. The SMILES string of the molecule is CN1CCC(NC(=O)C2CCCC2CN)C1=O. The van der Waals surface area contributed by atoms with Gasteiger partial charge in [0.05, 0.1) is 0 Å². The second-order valence-corrected chi connectivity index (χ2v) is 5.14. The van der Waals surface area contributed by atoms with Gasteiger partial charge in [-0.25, -0.2) is 0 Å². The number of nitrogens with two attached hydrogens (primary N) is 1. The van der Waals surface area contributed by atoms with Crippen LogP contribution in [-0.2, 0) is 9.59 Å². The number of rotatable bonds is 3. The topological polar surface area (TPSA) is 75.4 Å². The third kappa shape index (κ3) is 2.44. The molecule has 1 saturated heterocycles. The maximum atomic E-state index is 12.1. The molecule has 0 aromatic carbocycles. The van der Waals surface area contributed by atoms with Crippen LogP contribution in [0.3, 0.4) is 0 Å². The molecular weight excluding hydrogens is 218 g/mol. The zero-order valence-corrected chi connectivity index (χ0v) is 10.3. The first-order valence-electron chi connectivity index (χ1n) is 6.39. The van der Waals surface area contributed by atoms with Crippen LogP contribution in [0, 0.1) is 11.8 Å². The van der Waals surface area contributed by atoms with Crippen molar-refractivity contribution in [2.24, 2.45) is 17.6 Å². The van der Waals surface area contributed by atoms with Crippen molar-refractivity contribution in [1.29, 1.82) is 0 Å². The van der Waals surface area contributed by atoms with Crippen molar-refractivity contribution in [2.45, 2.75) is 31.7 Å². The van der Waals surface area contributed by atoms with E-state index in [0.717, 1.165) is 32.2 Å². The quantitative estimate of drug-likeness (QED) is 0.710. The molecule has 0 radical (unpaired) electrons. The number of likely N-dealkylation sites (N-methyl/N-ethyl adjacent to an activating group) is 1. The van der Waals surface area contributed by atoms with Crippen LogP contribution in [-0.4, -0.2) is 42.9 Å². The van der Waals surface area contributed by atoms with Crippen LogP contribution in [0.4, 0.5) is 0 Å². The van der Waals surface area contributed by atoms with Crippen molar-refractivity contribution >= 4 is 11.8 Å². The van der Waals surface area contributed by atoms with E-state index < -0.39 is 0 Å². The zero-order valence-electron chi connectivity index (χ0n) is 10.3. The number of hydrogen-bond acceptors (Lipinski definition) is 3. The summed E-state index contributed by atoms with van der Waals surface area (Å²) in [6, 6.07) is -0.313. The normalized spacial score (nSPS) is 33.2. The highest BCUT2D eigenvalue weighted by atomic mass is 16.2. The van der Waals surface area contributed by atoms with Gasteiger partial charge in [-0.1, -0.05) is 6.42 Å². The van der Waals surface area contributed by atoms with Gasteiger partial charge in [-0.3, -0.25) is 9.59 Å². The molecule has 17 heavy (non-hydrogen) atoms. The van der Waals surface area contributed by atoms with Gasteiger partial charge in [-0.2, -0.15) is 0 Å². The molecule has 0 aromatic heterocycles. The van der Waals surface area contributed by atoms with Crippen LogP contribution in [0.2, 0.25) is 0 Å². The molecule has 2 fully saturated rings. The largest absolute Gasteiger partial charge is 0.344 e. The molecule has 3 unspecified atom stereocenters. The summed E-state index contributed by atoms with van der Waals surface area (Å²) in [5.41, 5.74) is 5.66. The van der Waals surface area contributed by atoms with Crippen molar-refractivity contribution < 1.29 is 9.59 Å². The Labute approximate surface area is 102 Å². The lowest BCUT2D eigenvalue weighted by molar-refractivity contribution is -0.133. The zero-order chi connectivity index (χ0) is 12.4. The van der Waals surface area contributed by atoms with E-state index in [1.807, 2.05) is 0 Å². The molecule has 0 aromatic rings. The Kier molecular flexibility index (Phi) is 3.66. The lowest BCUT2D eigenvalue weighted by atomic mass is 9.95. The monoisotopic (exact) mass is 239 g/mol. The van der Waals surface area contributed by atoms with E-state index in [4.69, 9.17) is 5.73 Å². The average molecular weight is 239 g/mol. The first-order valence-corrected chi connectivity index (χ1v) is 6.39.